The molecule has 0 amide bonds. The summed E-state index contributed by atoms with van der Waals surface area (Å²) in [7, 11) is 0. The number of rotatable bonds is 5. The fourth-order valence-corrected chi connectivity index (χ4v) is 4.30. The van der Waals surface area contributed by atoms with Crippen molar-refractivity contribution in [2.75, 3.05) is 23.3 Å². The Labute approximate surface area is 182 Å². The monoisotopic (exact) mass is 414 g/mol. The van der Waals surface area contributed by atoms with Crippen molar-refractivity contribution < 1.29 is 9.90 Å². The summed E-state index contributed by atoms with van der Waals surface area (Å²) in [6.07, 6.45) is 3.49. The Morgan fingerprint density at radius 1 is 1.19 bits per heavy atom. The van der Waals surface area contributed by atoms with E-state index in [9.17, 15) is 15.2 Å². The molecule has 1 aromatic heterocycles. The number of benzene rings is 2. The molecule has 0 radical (unpaired) electrons. The van der Waals surface area contributed by atoms with E-state index in [4.69, 9.17) is 4.98 Å². The summed E-state index contributed by atoms with van der Waals surface area (Å²) in [5, 5.41) is 23.5. The van der Waals surface area contributed by atoms with Crippen LogP contribution in [-0.2, 0) is 0 Å². The second kappa shape index (κ2) is 8.65. The van der Waals surface area contributed by atoms with E-state index in [1.54, 1.807) is 18.2 Å². The molecule has 3 aromatic rings. The van der Waals surface area contributed by atoms with Crippen molar-refractivity contribution in [2.45, 2.75) is 39.2 Å². The van der Waals surface area contributed by atoms with Gasteiger partial charge in [-0.05, 0) is 62.9 Å². The third-order valence-corrected chi connectivity index (χ3v) is 5.87. The minimum absolute atomic E-state index is 0.196. The number of hydrogen-bond donors (Lipinski definition) is 2. The van der Waals surface area contributed by atoms with Crippen LogP contribution in [0.15, 0.2) is 42.5 Å². The van der Waals surface area contributed by atoms with Crippen LogP contribution in [0.3, 0.4) is 0 Å². The van der Waals surface area contributed by atoms with Crippen LogP contribution in [0.5, 0.6) is 0 Å². The number of aromatic carboxylic acids is 1. The highest BCUT2D eigenvalue weighted by atomic mass is 16.4. The van der Waals surface area contributed by atoms with Gasteiger partial charge in [0.1, 0.15) is 5.82 Å². The van der Waals surface area contributed by atoms with Crippen molar-refractivity contribution in [3.63, 3.8) is 0 Å². The molecule has 2 heterocycles. The van der Waals surface area contributed by atoms with Gasteiger partial charge in [-0.25, -0.2) is 9.78 Å². The van der Waals surface area contributed by atoms with Crippen molar-refractivity contribution in [3.8, 4) is 6.07 Å². The summed E-state index contributed by atoms with van der Waals surface area (Å²) >= 11 is 0. The molecular formula is C25H26N4O2. The minimum Gasteiger partial charge on any atom is -0.478 e. The standard InChI is InChI=1S/C25H26N4O2/c1-16-12-20(17(2)27-22-9-5-4-8-19(22)25(30)31)24-21(13-16)18(15-26)14-23(28-24)29-10-6-3-7-11-29/h4-5,8-9,12-14,17,27H,3,6-7,10-11H2,1-2H3,(H,30,31). The number of para-hydroxylation sites is 1. The van der Waals surface area contributed by atoms with E-state index >= 15 is 0 Å². The molecule has 1 aliphatic rings. The van der Waals surface area contributed by atoms with Gasteiger partial charge < -0.3 is 15.3 Å². The average molecular weight is 415 g/mol. The first kappa shape index (κ1) is 20.7. The summed E-state index contributed by atoms with van der Waals surface area (Å²) in [4.78, 5) is 18.9. The lowest BCUT2D eigenvalue weighted by Gasteiger charge is -2.28. The van der Waals surface area contributed by atoms with E-state index in [0.29, 0.717) is 11.3 Å². The number of anilines is 2. The average Bonchev–Trinajstić information content (AvgIpc) is 2.78. The van der Waals surface area contributed by atoms with Gasteiger partial charge in [-0.15, -0.1) is 0 Å². The second-order valence-corrected chi connectivity index (χ2v) is 8.15. The van der Waals surface area contributed by atoms with Crippen LogP contribution in [0.2, 0.25) is 0 Å². The number of carboxylic acid groups (broad SMARTS) is 1. The molecule has 0 bridgehead atoms. The van der Waals surface area contributed by atoms with E-state index < -0.39 is 5.97 Å². The number of nitrogens with one attached hydrogen (secondary N) is 1. The van der Waals surface area contributed by atoms with Crippen LogP contribution in [0.4, 0.5) is 11.5 Å². The Hall–Kier alpha value is -3.59. The van der Waals surface area contributed by atoms with Gasteiger partial charge in [0.15, 0.2) is 0 Å². The molecule has 0 aliphatic carbocycles. The molecule has 0 spiro atoms. The molecule has 158 valence electrons. The molecule has 2 aromatic carbocycles. The highest BCUT2D eigenvalue weighted by Crippen LogP contribution is 2.32. The van der Waals surface area contributed by atoms with E-state index in [1.807, 2.05) is 32.0 Å². The number of pyridine rings is 1. The lowest BCUT2D eigenvalue weighted by Crippen LogP contribution is -2.30. The van der Waals surface area contributed by atoms with Gasteiger partial charge in [0.2, 0.25) is 0 Å². The number of aryl methyl sites for hydroxylation is 1. The summed E-state index contributed by atoms with van der Waals surface area (Å²) in [5.74, 6) is -0.131. The molecule has 1 saturated heterocycles. The molecule has 4 rings (SSSR count). The van der Waals surface area contributed by atoms with Crippen molar-refractivity contribution in [1.29, 1.82) is 5.26 Å². The van der Waals surface area contributed by atoms with Gasteiger partial charge >= 0.3 is 5.97 Å². The predicted octanol–water partition coefficient (Wildman–Crippen LogP) is 5.28. The number of fused-ring (bicyclic) bond motifs is 1. The number of carbonyl (C=O) groups is 1. The zero-order chi connectivity index (χ0) is 22.0. The molecule has 0 saturated carbocycles. The molecule has 1 unspecified atom stereocenters. The highest BCUT2D eigenvalue weighted by Gasteiger charge is 2.20. The first-order chi connectivity index (χ1) is 15.0. The Morgan fingerprint density at radius 3 is 2.65 bits per heavy atom. The van der Waals surface area contributed by atoms with Gasteiger partial charge in [0.05, 0.1) is 28.8 Å². The predicted molar refractivity (Wildman–Crippen MR) is 123 cm³/mol. The molecular weight excluding hydrogens is 388 g/mol. The van der Waals surface area contributed by atoms with Gasteiger partial charge in [0.25, 0.3) is 0 Å². The summed E-state index contributed by atoms with van der Waals surface area (Å²) < 4.78 is 0. The number of nitrogens with zero attached hydrogens (tertiary/aromatic N) is 3. The highest BCUT2D eigenvalue weighted by molar-refractivity contribution is 5.94. The van der Waals surface area contributed by atoms with Crippen LogP contribution >= 0.6 is 0 Å². The fraction of sp³-hybridized carbons (Fsp3) is 0.320. The smallest absolute Gasteiger partial charge is 0.337 e. The Morgan fingerprint density at radius 2 is 1.94 bits per heavy atom. The van der Waals surface area contributed by atoms with Crippen molar-refractivity contribution in [1.82, 2.24) is 4.98 Å². The van der Waals surface area contributed by atoms with Gasteiger partial charge in [-0.3, -0.25) is 0 Å². The Bertz CT molecular complexity index is 1180. The zero-order valence-corrected chi connectivity index (χ0v) is 17.9. The van der Waals surface area contributed by atoms with E-state index in [1.165, 1.54) is 6.42 Å². The Balaban J connectivity index is 1.81. The lowest BCUT2D eigenvalue weighted by molar-refractivity contribution is 0.0698. The summed E-state index contributed by atoms with van der Waals surface area (Å²) in [5.41, 5.74) is 4.18. The maximum Gasteiger partial charge on any atom is 0.337 e. The van der Waals surface area contributed by atoms with Crippen LogP contribution in [0.25, 0.3) is 10.9 Å². The van der Waals surface area contributed by atoms with E-state index in [2.05, 4.69) is 22.4 Å². The topological polar surface area (TPSA) is 89.2 Å². The van der Waals surface area contributed by atoms with Gasteiger partial charge in [-0.1, -0.05) is 18.2 Å². The number of nitriles is 1. The first-order valence-corrected chi connectivity index (χ1v) is 10.7. The number of carboxylic acids is 1. The maximum absolute atomic E-state index is 11.6. The van der Waals surface area contributed by atoms with Crippen LogP contribution in [0, 0.1) is 18.3 Å². The molecule has 6 heteroatoms. The molecule has 2 N–H and O–H groups in total. The minimum atomic E-state index is -0.971. The molecule has 1 atom stereocenters. The first-order valence-electron chi connectivity index (χ1n) is 10.7. The normalized spacial score (nSPS) is 14.8. The summed E-state index contributed by atoms with van der Waals surface area (Å²) in [6.45, 7) is 5.89. The third-order valence-electron chi connectivity index (χ3n) is 5.87. The van der Waals surface area contributed by atoms with Gasteiger partial charge in [0, 0.05) is 29.7 Å². The molecule has 1 aliphatic heterocycles. The number of aromatic nitrogens is 1. The quantitative estimate of drug-likeness (QED) is 0.591. The van der Waals surface area contributed by atoms with E-state index in [-0.39, 0.29) is 11.6 Å². The van der Waals surface area contributed by atoms with Crippen LogP contribution < -0.4 is 10.2 Å². The molecule has 6 nitrogen and oxygen atoms in total. The van der Waals surface area contributed by atoms with Crippen LogP contribution in [-0.4, -0.2) is 29.1 Å². The lowest BCUT2D eigenvalue weighted by atomic mass is 9.97. The second-order valence-electron chi connectivity index (χ2n) is 8.15. The fourth-order valence-electron chi connectivity index (χ4n) is 4.30. The van der Waals surface area contributed by atoms with Crippen LogP contribution in [0.1, 0.15) is 59.3 Å². The zero-order valence-electron chi connectivity index (χ0n) is 17.9. The SMILES string of the molecule is Cc1cc(C(C)Nc2ccccc2C(=O)O)c2nc(N3CCCCC3)cc(C#N)c2c1. The van der Waals surface area contributed by atoms with E-state index in [0.717, 1.165) is 53.8 Å². The molecule has 31 heavy (non-hydrogen) atoms. The van der Waals surface area contributed by atoms with Crippen molar-refractivity contribution >= 4 is 28.4 Å². The van der Waals surface area contributed by atoms with Crippen molar-refractivity contribution in [2.24, 2.45) is 0 Å². The third kappa shape index (κ3) is 4.17. The number of piperidine rings is 1. The van der Waals surface area contributed by atoms with Crippen molar-refractivity contribution in [3.05, 3.63) is 64.7 Å². The summed E-state index contributed by atoms with van der Waals surface area (Å²) in [6, 6.07) is 15.0. The molecule has 1 fully saturated rings. The number of hydrogen-bond acceptors (Lipinski definition) is 5. The Kier molecular flexibility index (Phi) is 5.77. The largest absolute Gasteiger partial charge is 0.478 e. The maximum atomic E-state index is 11.6. The van der Waals surface area contributed by atoms with Gasteiger partial charge in [-0.2, -0.15) is 5.26 Å².